The van der Waals surface area contributed by atoms with E-state index < -0.39 is 6.10 Å². The number of carbonyl (C=O) groups excluding carboxylic acids is 1. The molecular formula is C13H13NO2S. The van der Waals surface area contributed by atoms with Gasteiger partial charge in [0, 0.05) is 11.4 Å². The first kappa shape index (κ1) is 11.8. The predicted molar refractivity (Wildman–Crippen MR) is 67.6 cm³/mol. The standard InChI is InChI=1S/C13H13NO2S/c15-12(11-7-4-8-17-11)13(16)14-9-10-5-2-1-3-6-10/h1-8,12,15H,9H2,(H,14,16)/t12-/m0/s1. The quantitative estimate of drug-likeness (QED) is 0.869. The maximum absolute atomic E-state index is 11.7. The fourth-order valence-corrected chi connectivity index (χ4v) is 2.17. The number of hydrogen-bond donors (Lipinski definition) is 2. The molecule has 1 heterocycles. The van der Waals surface area contributed by atoms with Gasteiger partial charge in [-0.05, 0) is 17.0 Å². The van der Waals surface area contributed by atoms with Crippen LogP contribution in [0.3, 0.4) is 0 Å². The number of carbonyl (C=O) groups is 1. The molecule has 0 radical (unpaired) electrons. The highest BCUT2D eigenvalue weighted by Crippen LogP contribution is 2.18. The summed E-state index contributed by atoms with van der Waals surface area (Å²) in [5.74, 6) is -0.365. The Kier molecular flexibility index (Phi) is 3.90. The maximum Gasteiger partial charge on any atom is 0.254 e. The smallest absolute Gasteiger partial charge is 0.254 e. The second kappa shape index (κ2) is 5.61. The molecule has 2 aromatic rings. The number of hydrogen-bond acceptors (Lipinski definition) is 3. The number of rotatable bonds is 4. The third-order valence-corrected chi connectivity index (χ3v) is 3.30. The Morgan fingerprint density at radius 2 is 2.00 bits per heavy atom. The number of amides is 1. The van der Waals surface area contributed by atoms with Crippen LogP contribution in [0.15, 0.2) is 47.8 Å². The Bertz CT molecular complexity index is 467. The van der Waals surface area contributed by atoms with Crippen molar-refractivity contribution in [3.63, 3.8) is 0 Å². The van der Waals surface area contributed by atoms with Gasteiger partial charge in [-0.1, -0.05) is 36.4 Å². The van der Waals surface area contributed by atoms with E-state index in [2.05, 4.69) is 5.32 Å². The molecule has 17 heavy (non-hydrogen) atoms. The molecule has 0 fully saturated rings. The minimum atomic E-state index is -1.07. The molecule has 1 aromatic carbocycles. The fourth-order valence-electron chi connectivity index (χ4n) is 1.46. The van der Waals surface area contributed by atoms with Crippen molar-refractivity contribution in [1.82, 2.24) is 5.32 Å². The lowest BCUT2D eigenvalue weighted by Crippen LogP contribution is -2.28. The highest BCUT2D eigenvalue weighted by Gasteiger charge is 2.17. The highest BCUT2D eigenvalue weighted by molar-refractivity contribution is 7.10. The third kappa shape index (κ3) is 3.15. The van der Waals surface area contributed by atoms with Gasteiger partial charge in [0.25, 0.3) is 5.91 Å². The normalized spacial score (nSPS) is 12.1. The lowest BCUT2D eigenvalue weighted by atomic mass is 10.2. The van der Waals surface area contributed by atoms with E-state index in [-0.39, 0.29) is 5.91 Å². The lowest BCUT2D eigenvalue weighted by molar-refractivity contribution is -0.129. The summed E-state index contributed by atoms with van der Waals surface area (Å²) in [6, 6.07) is 13.2. The largest absolute Gasteiger partial charge is 0.378 e. The zero-order chi connectivity index (χ0) is 12.1. The minimum absolute atomic E-state index is 0.365. The average Bonchev–Trinajstić information content (AvgIpc) is 2.90. The summed E-state index contributed by atoms with van der Waals surface area (Å²) in [6.45, 7) is 0.433. The van der Waals surface area contributed by atoms with E-state index in [9.17, 15) is 9.90 Å². The van der Waals surface area contributed by atoms with Crippen molar-refractivity contribution in [2.75, 3.05) is 0 Å². The van der Waals surface area contributed by atoms with Gasteiger partial charge < -0.3 is 10.4 Å². The number of aliphatic hydroxyl groups excluding tert-OH is 1. The van der Waals surface area contributed by atoms with Gasteiger partial charge in [-0.25, -0.2) is 0 Å². The van der Waals surface area contributed by atoms with Gasteiger partial charge in [0.2, 0.25) is 0 Å². The summed E-state index contributed by atoms with van der Waals surface area (Å²) in [4.78, 5) is 12.3. The molecule has 0 aliphatic heterocycles. The van der Waals surface area contributed by atoms with Crippen LogP contribution < -0.4 is 5.32 Å². The van der Waals surface area contributed by atoms with E-state index in [1.54, 1.807) is 6.07 Å². The first-order chi connectivity index (χ1) is 8.27. The van der Waals surface area contributed by atoms with Crippen LogP contribution in [-0.2, 0) is 11.3 Å². The summed E-state index contributed by atoms with van der Waals surface area (Å²) in [7, 11) is 0. The van der Waals surface area contributed by atoms with Gasteiger partial charge in [-0.3, -0.25) is 4.79 Å². The number of thiophene rings is 1. The van der Waals surface area contributed by atoms with Crippen LogP contribution in [0.25, 0.3) is 0 Å². The molecule has 3 nitrogen and oxygen atoms in total. The molecule has 0 bridgehead atoms. The van der Waals surface area contributed by atoms with Gasteiger partial charge in [-0.2, -0.15) is 0 Å². The molecule has 0 saturated carbocycles. The van der Waals surface area contributed by atoms with Crippen molar-refractivity contribution >= 4 is 17.2 Å². The molecule has 0 spiro atoms. The van der Waals surface area contributed by atoms with Crippen molar-refractivity contribution in [2.45, 2.75) is 12.6 Å². The van der Waals surface area contributed by atoms with Crippen molar-refractivity contribution in [2.24, 2.45) is 0 Å². The van der Waals surface area contributed by atoms with Crippen molar-refractivity contribution in [3.05, 3.63) is 58.3 Å². The molecule has 2 N–H and O–H groups in total. The molecule has 1 aromatic heterocycles. The van der Waals surface area contributed by atoms with E-state index in [4.69, 9.17) is 0 Å². The maximum atomic E-state index is 11.7. The second-order valence-electron chi connectivity index (χ2n) is 3.62. The topological polar surface area (TPSA) is 49.3 Å². The molecule has 1 amide bonds. The van der Waals surface area contributed by atoms with Gasteiger partial charge in [0.05, 0.1) is 0 Å². The molecule has 2 rings (SSSR count). The summed E-state index contributed by atoms with van der Waals surface area (Å²) < 4.78 is 0. The van der Waals surface area contributed by atoms with Gasteiger partial charge in [0.1, 0.15) is 0 Å². The molecule has 0 unspecified atom stereocenters. The summed E-state index contributed by atoms with van der Waals surface area (Å²) in [6.07, 6.45) is -1.07. The molecule has 0 aliphatic rings. The van der Waals surface area contributed by atoms with Gasteiger partial charge in [0.15, 0.2) is 6.10 Å². The van der Waals surface area contributed by atoms with E-state index >= 15 is 0 Å². The highest BCUT2D eigenvalue weighted by atomic mass is 32.1. The van der Waals surface area contributed by atoms with Gasteiger partial charge in [-0.15, -0.1) is 11.3 Å². The molecular weight excluding hydrogens is 234 g/mol. The first-order valence-electron chi connectivity index (χ1n) is 5.30. The molecule has 0 aliphatic carbocycles. The Morgan fingerprint density at radius 3 is 2.65 bits per heavy atom. The minimum Gasteiger partial charge on any atom is -0.378 e. The van der Waals surface area contributed by atoms with Crippen LogP contribution in [0.2, 0.25) is 0 Å². The summed E-state index contributed by atoms with van der Waals surface area (Å²) in [5.41, 5.74) is 1.01. The van der Waals surface area contributed by atoms with Gasteiger partial charge >= 0.3 is 0 Å². The van der Waals surface area contributed by atoms with Crippen LogP contribution in [0.1, 0.15) is 16.5 Å². The summed E-state index contributed by atoms with van der Waals surface area (Å²) >= 11 is 1.37. The number of benzene rings is 1. The molecule has 4 heteroatoms. The fraction of sp³-hybridized carbons (Fsp3) is 0.154. The van der Waals surface area contributed by atoms with Crippen LogP contribution in [0.4, 0.5) is 0 Å². The van der Waals surface area contributed by atoms with E-state index in [1.807, 2.05) is 41.8 Å². The first-order valence-corrected chi connectivity index (χ1v) is 6.18. The Labute approximate surface area is 104 Å². The van der Waals surface area contributed by atoms with Crippen molar-refractivity contribution in [1.29, 1.82) is 0 Å². The van der Waals surface area contributed by atoms with Crippen LogP contribution in [-0.4, -0.2) is 11.0 Å². The predicted octanol–water partition coefficient (Wildman–Crippen LogP) is 2.10. The lowest BCUT2D eigenvalue weighted by Gasteiger charge is -2.09. The zero-order valence-corrected chi connectivity index (χ0v) is 9.98. The van der Waals surface area contributed by atoms with Crippen LogP contribution in [0, 0.1) is 0 Å². The number of aliphatic hydroxyl groups is 1. The average molecular weight is 247 g/mol. The number of nitrogens with one attached hydrogen (secondary N) is 1. The monoisotopic (exact) mass is 247 g/mol. The molecule has 1 atom stereocenters. The molecule has 0 saturated heterocycles. The Hall–Kier alpha value is -1.65. The zero-order valence-electron chi connectivity index (χ0n) is 9.17. The van der Waals surface area contributed by atoms with E-state index in [0.29, 0.717) is 11.4 Å². The van der Waals surface area contributed by atoms with Crippen LogP contribution in [0.5, 0.6) is 0 Å². The van der Waals surface area contributed by atoms with E-state index in [1.165, 1.54) is 11.3 Å². The Morgan fingerprint density at radius 1 is 1.24 bits per heavy atom. The Balaban J connectivity index is 1.90. The van der Waals surface area contributed by atoms with Crippen LogP contribution >= 0.6 is 11.3 Å². The van der Waals surface area contributed by atoms with Crippen molar-refractivity contribution in [3.8, 4) is 0 Å². The molecule has 88 valence electrons. The summed E-state index contributed by atoms with van der Waals surface area (Å²) in [5, 5.41) is 14.3. The van der Waals surface area contributed by atoms with E-state index in [0.717, 1.165) is 5.56 Å². The second-order valence-corrected chi connectivity index (χ2v) is 4.60. The SMILES string of the molecule is O=C(NCc1ccccc1)[C@@H](O)c1cccs1. The third-order valence-electron chi connectivity index (χ3n) is 2.37. The van der Waals surface area contributed by atoms with Crippen molar-refractivity contribution < 1.29 is 9.90 Å².